The van der Waals surface area contributed by atoms with Gasteiger partial charge in [-0.15, -0.1) is 0 Å². The molecule has 0 N–H and O–H groups in total. The van der Waals surface area contributed by atoms with Gasteiger partial charge in [0.05, 0.1) is 0 Å². The van der Waals surface area contributed by atoms with E-state index in [1.807, 2.05) is 0 Å². The summed E-state index contributed by atoms with van der Waals surface area (Å²) in [6.45, 7) is 13.5. The Hall–Kier alpha value is -0.660. The van der Waals surface area contributed by atoms with Crippen LogP contribution in [0.15, 0.2) is 0 Å². The van der Waals surface area contributed by atoms with Gasteiger partial charge in [-0.2, -0.15) is 0 Å². The lowest BCUT2D eigenvalue weighted by molar-refractivity contribution is -0.128. The highest BCUT2D eigenvalue weighted by molar-refractivity contribution is 5.89. The predicted octanol–water partition coefficient (Wildman–Crippen LogP) is 4.80. The number of fused-ring (bicyclic) bond motifs is 4. The molecule has 2 heteroatoms. The van der Waals surface area contributed by atoms with Gasteiger partial charge < -0.3 is 0 Å². The Labute approximate surface area is 135 Å². The quantitative estimate of drug-likeness (QED) is 0.644. The maximum absolute atomic E-state index is 11.6. The van der Waals surface area contributed by atoms with E-state index in [0.717, 1.165) is 25.7 Å². The summed E-state index contributed by atoms with van der Waals surface area (Å²) >= 11 is 0. The lowest BCUT2D eigenvalue weighted by Gasteiger charge is -2.33. The van der Waals surface area contributed by atoms with Crippen LogP contribution in [0.3, 0.4) is 0 Å². The number of hydrogen-bond donors (Lipinski definition) is 0. The second-order valence-corrected chi connectivity index (χ2v) is 9.93. The van der Waals surface area contributed by atoms with Crippen molar-refractivity contribution in [1.29, 1.82) is 0 Å². The Balaban J connectivity index is 0.000000131. The molecule has 4 aliphatic rings. The van der Waals surface area contributed by atoms with Gasteiger partial charge in [0.2, 0.25) is 0 Å². The minimum atomic E-state index is 0.0255. The molecule has 0 aromatic heterocycles. The summed E-state index contributed by atoms with van der Waals surface area (Å²) in [5, 5.41) is 0. The third-order valence-corrected chi connectivity index (χ3v) is 8.85. The highest BCUT2D eigenvalue weighted by Crippen LogP contribution is 2.64. The van der Waals surface area contributed by atoms with E-state index in [1.54, 1.807) is 0 Å². The van der Waals surface area contributed by atoms with Crippen molar-refractivity contribution in [3.63, 3.8) is 0 Å². The minimum absolute atomic E-state index is 0.0255. The molecule has 4 rings (SSSR count). The normalized spacial score (nSPS) is 46.8. The molecule has 0 heterocycles. The molecule has 4 bridgehead atoms. The molecule has 4 saturated carbocycles. The lowest BCUT2D eigenvalue weighted by atomic mass is 9.70. The molecule has 0 aliphatic heterocycles. The molecule has 0 aromatic carbocycles. The van der Waals surface area contributed by atoms with Crippen molar-refractivity contribution in [3.05, 3.63) is 0 Å². The van der Waals surface area contributed by atoms with Crippen molar-refractivity contribution >= 4 is 11.6 Å². The smallest absolute Gasteiger partial charge is 0.139 e. The van der Waals surface area contributed by atoms with Crippen LogP contribution in [-0.4, -0.2) is 11.6 Å². The highest BCUT2D eigenvalue weighted by Gasteiger charge is 2.61. The fourth-order valence-corrected chi connectivity index (χ4v) is 5.86. The van der Waals surface area contributed by atoms with Crippen molar-refractivity contribution < 1.29 is 9.59 Å². The first-order chi connectivity index (χ1) is 9.96. The number of hydrogen-bond acceptors (Lipinski definition) is 2. The monoisotopic (exact) mass is 304 g/mol. The fraction of sp³-hybridized carbons (Fsp3) is 0.900. The Kier molecular flexibility index (Phi) is 3.28. The topological polar surface area (TPSA) is 34.1 Å². The molecule has 2 nitrogen and oxygen atoms in total. The van der Waals surface area contributed by atoms with Gasteiger partial charge in [-0.05, 0) is 47.8 Å². The van der Waals surface area contributed by atoms with Gasteiger partial charge >= 0.3 is 0 Å². The molecule has 4 atom stereocenters. The Bertz CT molecular complexity index is 525. The van der Waals surface area contributed by atoms with E-state index in [-0.39, 0.29) is 16.2 Å². The van der Waals surface area contributed by atoms with Crippen LogP contribution in [0.5, 0.6) is 0 Å². The third kappa shape index (κ3) is 1.79. The van der Waals surface area contributed by atoms with Crippen LogP contribution < -0.4 is 0 Å². The van der Waals surface area contributed by atoms with E-state index in [1.165, 1.54) is 12.8 Å². The number of ketones is 2. The third-order valence-electron chi connectivity index (χ3n) is 8.85. The number of carbonyl (C=O) groups is 2. The van der Waals surface area contributed by atoms with E-state index in [0.29, 0.717) is 28.8 Å². The first kappa shape index (κ1) is 16.2. The molecule has 22 heavy (non-hydrogen) atoms. The molecule has 0 amide bonds. The average Bonchev–Trinajstić information content (AvgIpc) is 2.88. The summed E-state index contributed by atoms with van der Waals surface area (Å²) in [5.41, 5.74) is 0.917. The van der Waals surface area contributed by atoms with Gasteiger partial charge in [-0.1, -0.05) is 41.5 Å². The number of carbonyl (C=O) groups excluding carboxylic acids is 2. The first-order valence-electron chi connectivity index (χ1n) is 9.02. The van der Waals surface area contributed by atoms with Crippen molar-refractivity contribution in [2.24, 2.45) is 33.5 Å². The van der Waals surface area contributed by atoms with Crippen LogP contribution in [0.2, 0.25) is 0 Å². The molecule has 0 spiro atoms. The van der Waals surface area contributed by atoms with Crippen LogP contribution >= 0.6 is 0 Å². The maximum atomic E-state index is 11.6. The maximum Gasteiger partial charge on any atom is 0.139 e. The summed E-state index contributed by atoms with van der Waals surface area (Å²) in [7, 11) is 0. The highest BCUT2D eigenvalue weighted by atomic mass is 16.1. The van der Waals surface area contributed by atoms with E-state index in [2.05, 4.69) is 41.5 Å². The standard InChI is InChI=1S/2C10H16O/c1-9(2)7-4-5-10(9,3)6-8(7)11;1-9(2)7-4-5-10(9,3)8(11)6-7/h2*7H,4-6H2,1-3H3. The van der Waals surface area contributed by atoms with Gasteiger partial charge in [0.1, 0.15) is 11.6 Å². The van der Waals surface area contributed by atoms with Gasteiger partial charge in [-0.3, -0.25) is 9.59 Å². The minimum Gasteiger partial charge on any atom is -0.299 e. The lowest BCUT2D eigenvalue weighted by Crippen LogP contribution is -2.32. The van der Waals surface area contributed by atoms with Crippen LogP contribution in [-0.2, 0) is 9.59 Å². The number of Topliss-reactive ketones (excluding diaryl/α,β-unsaturated/α-hetero) is 2. The molecule has 0 aromatic rings. The zero-order chi connectivity index (χ0) is 16.6. The van der Waals surface area contributed by atoms with Crippen molar-refractivity contribution in [2.45, 2.75) is 80.1 Å². The summed E-state index contributed by atoms with van der Waals surface area (Å²) < 4.78 is 0. The van der Waals surface area contributed by atoms with Crippen molar-refractivity contribution in [2.75, 3.05) is 0 Å². The van der Waals surface area contributed by atoms with Gasteiger partial charge in [0, 0.05) is 24.2 Å². The van der Waals surface area contributed by atoms with Crippen LogP contribution in [0.25, 0.3) is 0 Å². The van der Waals surface area contributed by atoms with E-state index in [9.17, 15) is 9.59 Å². The molecular weight excluding hydrogens is 272 g/mol. The Morgan fingerprint density at radius 2 is 1.50 bits per heavy atom. The molecule has 0 radical (unpaired) electrons. The Morgan fingerprint density at radius 1 is 0.864 bits per heavy atom. The first-order valence-corrected chi connectivity index (χ1v) is 9.02. The fourth-order valence-electron chi connectivity index (χ4n) is 5.86. The molecular formula is C20H32O2. The molecule has 0 saturated heterocycles. The number of rotatable bonds is 0. The van der Waals surface area contributed by atoms with Crippen LogP contribution in [0.1, 0.15) is 80.1 Å². The van der Waals surface area contributed by atoms with Crippen molar-refractivity contribution in [3.8, 4) is 0 Å². The van der Waals surface area contributed by atoms with Gasteiger partial charge in [-0.25, -0.2) is 0 Å². The largest absolute Gasteiger partial charge is 0.299 e. The summed E-state index contributed by atoms with van der Waals surface area (Å²) in [4.78, 5) is 23.0. The van der Waals surface area contributed by atoms with Crippen molar-refractivity contribution in [1.82, 2.24) is 0 Å². The summed E-state index contributed by atoms with van der Waals surface area (Å²) in [5.74, 6) is 2.09. The van der Waals surface area contributed by atoms with Gasteiger partial charge in [0.25, 0.3) is 0 Å². The second-order valence-electron chi connectivity index (χ2n) is 9.93. The molecule has 4 unspecified atom stereocenters. The van der Waals surface area contributed by atoms with Gasteiger partial charge in [0.15, 0.2) is 0 Å². The second kappa shape index (κ2) is 4.45. The average molecular weight is 304 g/mol. The van der Waals surface area contributed by atoms with E-state index >= 15 is 0 Å². The summed E-state index contributed by atoms with van der Waals surface area (Å²) in [6.07, 6.45) is 6.49. The van der Waals surface area contributed by atoms with Crippen LogP contribution in [0, 0.1) is 33.5 Å². The zero-order valence-electron chi connectivity index (χ0n) is 15.2. The SMILES string of the molecule is CC12CCC(C(=O)C1)C2(C)C.CC12CCC(CC1=O)C2(C)C. The molecule has 4 aliphatic carbocycles. The Morgan fingerprint density at radius 3 is 1.68 bits per heavy atom. The van der Waals surface area contributed by atoms with Crippen LogP contribution in [0.4, 0.5) is 0 Å². The molecule has 124 valence electrons. The zero-order valence-corrected chi connectivity index (χ0v) is 15.2. The predicted molar refractivity (Wildman–Crippen MR) is 88.5 cm³/mol. The summed E-state index contributed by atoms with van der Waals surface area (Å²) in [6, 6.07) is 0. The van der Waals surface area contributed by atoms with E-state index < -0.39 is 0 Å². The van der Waals surface area contributed by atoms with E-state index in [4.69, 9.17) is 0 Å². The molecule has 4 fully saturated rings.